The van der Waals surface area contributed by atoms with Crippen molar-refractivity contribution in [2.75, 3.05) is 13.2 Å². The first-order valence-corrected chi connectivity index (χ1v) is 5.55. The van der Waals surface area contributed by atoms with E-state index in [1.807, 2.05) is 0 Å². The Bertz CT molecular complexity index is 446. The van der Waals surface area contributed by atoms with Gasteiger partial charge >= 0.3 is 0 Å². The first-order valence-electron chi connectivity index (χ1n) is 4.76. The number of halogens is 3. The van der Waals surface area contributed by atoms with Crippen LogP contribution < -0.4 is 0 Å². The molecule has 0 radical (unpaired) electrons. The number of rotatable bonds is 1. The molecule has 1 fully saturated rings. The summed E-state index contributed by atoms with van der Waals surface area (Å²) in [5.41, 5.74) is -0.692. The van der Waals surface area contributed by atoms with E-state index in [4.69, 9.17) is 9.94 Å². The molecule has 92 valence electrons. The van der Waals surface area contributed by atoms with E-state index in [0.717, 1.165) is 17.2 Å². The normalized spacial score (nSPS) is 19.8. The van der Waals surface area contributed by atoms with Gasteiger partial charge < -0.3 is 5.11 Å². The van der Waals surface area contributed by atoms with Crippen molar-refractivity contribution in [3.63, 3.8) is 0 Å². The van der Waals surface area contributed by atoms with Gasteiger partial charge in [-0.3, -0.25) is 9.63 Å². The molecule has 1 unspecified atom stereocenters. The van der Waals surface area contributed by atoms with Crippen LogP contribution in [0.15, 0.2) is 16.6 Å². The molecule has 0 aromatic heterocycles. The molecule has 1 saturated heterocycles. The van der Waals surface area contributed by atoms with E-state index in [0.29, 0.717) is 0 Å². The van der Waals surface area contributed by atoms with Crippen molar-refractivity contribution in [1.82, 2.24) is 5.06 Å². The smallest absolute Gasteiger partial charge is 0.283 e. The quantitative estimate of drug-likeness (QED) is 0.855. The Morgan fingerprint density at radius 2 is 2.06 bits per heavy atom. The van der Waals surface area contributed by atoms with Gasteiger partial charge in [0.15, 0.2) is 0 Å². The highest BCUT2D eigenvalue weighted by Gasteiger charge is 2.30. The largest absolute Gasteiger partial charge is 0.389 e. The number of hydrogen-bond acceptors (Lipinski definition) is 3. The number of hydrogen-bond donors (Lipinski definition) is 1. The van der Waals surface area contributed by atoms with Gasteiger partial charge in [-0.1, -0.05) is 15.9 Å². The summed E-state index contributed by atoms with van der Waals surface area (Å²) in [4.78, 5) is 16.6. The van der Waals surface area contributed by atoms with Gasteiger partial charge in [0.05, 0.1) is 6.54 Å². The predicted octanol–water partition coefficient (Wildman–Crippen LogP) is 1.48. The highest BCUT2D eigenvalue weighted by Crippen LogP contribution is 2.22. The Hall–Kier alpha value is -1.05. The van der Waals surface area contributed by atoms with E-state index in [-0.39, 0.29) is 17.6 Å². The van der Waals surface area contributed by atoms with Crippen molar-refractivity contribution in [2.24, 2.45) is 0 Å². The van der Waals surface area contributed by atoms with Crippen LogP contribution in [0.1, 0.15) is 10.4 Å². The molecule has 1 aromatic carbocycles. The van der Waals surface area contributed by atoms with Gasteiger partial charge in [-0.05, 0) is 12.1 Å². The van der Waals surface area contributed by atoms with Crippen molar-refractivity contribution in [2.45, 2.75) is 6.10 Å². The molecular formula is C10H8BrF2NO3. The lowest BCUT2D eigenvalue weighted by Gasteiger charge is -2.14. The van der Waals surface area contributed by atoms with E-state index >= 15 is 0 Å². The molecule has 0 spiro atoms. The van der Waals surface area contributed by atoms with E-state index < -0.39 is 29.2 Å². The van der Waals surface area contributed by atoms with Crippen LogP contribution in [-0.2, 0) is 4.84 Å². The minimum absolute atomic E-state index is 0.0640. The summed E-state index contributed by atoms with van der Waals surface area (Å²) in [6.45, 7) is -0.167. The molecule has 1 aliphatic heterocycles. The third kappa shape index (κ3) is 2.46. The first kappa shape index (κ1) is 12.4. The number of aliphatic hydroxyl groups excluding tert-OH is 1. The van der Waals surface area contributed by atoms with Crippen LogP contribution >= 0.6 is 15.9 Å². The van der Waals surface area contributed by atoms with Crippen LogP contribution in [0.25, 0.3) is 0 Å². The molecule has 1 amide bonds. The van der Waals surface area contributed by atoms with Crippen molar-refractivity contribution in [3.8, 4) is 0 Å². The van der Waals surface area contributed by atoms with Crippen LogP contribution in [0.3, 0.4) is 0 Å². The molecule has 17 heavy (non-hydrogen) atoms. The molecule has 4 nitrogen and oxygen atoms in total. The molecule has 2 rings (SSSR count). The van der Waals surface area contributed by atoms with Gasteiger partial charge in [-0.15, -0.1) is 0 Å². The second kappa shape index (κ2) is 4.67. The lowest BCUT2D eigenvalue weighted by Crippen LogP contribution is -2.30. The van der Waals surface area contributed by atoms with Gasteiger partial charge in [0.1, 0.15) is 29.9 Å². The topological polar surface area (TPSA) is 49.8 Å². The van der Waals surface area contributed by atoms with E-state index in [1.165, 1.54) is 0 Å². The second-order valence-electron chi connectivity index (χ2n) is 3.56. The third-order valence-electron chi connectivity index (χ3n) is 2.25. The summed E-state index contributed by atoms with van der Waals surface area (Å²) < 4.78 is 27.2. The number of aliphatic hydroxyl groups is 1. The summed E-state index contributed by atoms with van der Waals surface area (Å²) >= 11 is 2.91. The number of hydroxylamine groups is 2. The third-order valence-corrected chi connectivity index (χ3v) is 2.70. The van der Waals surface area contributed by atoms with E-state index in [9.17, 15) is 13.6 Å². The van der Waals surface area contributed by atoms with Crippen LogP contribution in [0.2, 0.25) is 0 Å². The number of carbonyl (C=O) groups is 1. The summed E-state index contributed by atoms with van der Waals surface area (Å²) in [5, 5.41) is 9.91. The van der Waals surface area contributed by atoms with Crippen molar-refractivity contribution in [3.05, 3.63) is 33.8 Å². The van der Waals surface area contributed by atoms with Gasteiger partial charge in [0.2, 0.25) is 0 Å². The Labute approximate surface area is 104 Å². The molecule has 0 aliphatic carbocycles. The van der Waals surface area contributed by atoms with Crippen molar-refractivity contribution in [1.29, 1.82) is 0 Å². The maximum atomic E-state index is 13.5. The average molecular weight is 308 g/mol. The number of nitrogens with zero attached hydrogens (tertiary/aromatic N) is 1. The molecular weight excluding hydrogens is 300 g/mol. The summed E-state index contributed by atoms with van der Waals surface area (Å²) in [7, 11) is 0. The molecule has 7 heteroatoms. The standard InChI is InChI=1S/C10H8BrF2NO3/c11-5-1-7(12)9(8(13)2-5)10(16)14-3-6(15)4-17-14/h1-2,6,15H,3-4H2. The second-order valence-corrected chi connectivity index (χ2v) is 4.48. The Kier molecular flexibility index (Phi) is 3.41. The van der Waals surface area contributed by atoms with Crippen LogP contribution in [0.5, 0.6) is 0 Å². The van der Waals surface area contributed by atoms with Gasteiger partial charge in [-0.25, -0.2) is 13.8 Å². The lowest BCUT2D eigenvalue weighted by molar-refractivity contribution is -0.0784. The Morgan fingerprint density at radius 3 is 2.53 bits per heavy atom. The molecule has 0 bridgehead atoms. The first-order chi connectivity index (χ1) is 7.99. The summed E-state index contributed by atoms with van der Waals surface area (Å²) in [6.07, 6.45) is -0.833. The zero-order valence-corrected chi connectivity index (χ0v) is 10.1. The maximum absolute atomic E-state index is 13.5. The minimum Gasteiger partial charge on any atom is -0.389 e. The fourth-order valence-electron chi connectivity index (χ4n) is 1.49. The van der Waals surface area contributed by atoms with E-state index in [1.54, 1.807) is 0 Å². The monoisotopic (exact) mass is 307 g/mol. The average Bonchev–Trinajstić information content (AvgIpc) is 2.63. The van der Waals surface area contributed by atoms with Gasteiger partial charge in [0.25, 0.3) is 5.91 Å². The van der Waals surface area contributed by atoms with Crippen molar-refractivity contribution >= 4 is 21.8 Å². The molecule has 0 saturated carbocycles. The maximum Gasteiger partial charge on any atom is 0.283 e. The number of amides is 1. The minimum atomic E-state index is -0.980. The number of benzene rings is 1. The van der Waals surface area contributed by atoms with Crippen molar-refractivity contribution < 1.29 is 23.5 Å². The Balaban J connectivity index is 2.31. The number of β-amino-alcohol motifs (C(OH)–C–C–N with tert-alkyl or cyclic N) is 1. The highest BCUT2D eigenvalue weighted by molar-refractivity contribution is 9.10. The fourth-order valence-corrected chi connectivity index (χ4v) is 1.89. The summed E-state index contributed by atoms with van der Waals surface area (Å²) in [5.74, 6) is -2.90. The van der Waals surface area contributed by atoms with Crippen LogP contribution in [0, 0.1) is 11.6 Å². The van der Waals surface area contributed by atoms with Gasteiger partial charge in [0, 0.05) is 4.47 Å². The SMILES string of the molecule is O=C(c1c(F)cc(Br)cc1F)N1CC(O)CO1. The zero-order chi connectivity index (χ0) is 12.6. The molecule has 1 aromatic rings. The fraction of sp³-hybridized carbons (Fsp3) is 0.300. The predicted molar refractivity (Wildman–Crippen MR) is 57.1 cm³/mol. The zero-order valence-electron chi connectivity index (χ0n) is 8.49. The Morgan fingerprint density at radius 1 is 1.47 bits per heavy atom. The molecule has 1 aliphatic rings. The molecule has 1 N–H and O–H groups in total. The van der Waals surface area contributed by atoms with Crippen LogP contribution in [-0.4, -0.2) is 35.3 Å². The summed E-state index contributed by atoms with van der Waals surface area (Å²) in [6, 6.07) is 1.98. The number of carbonyl (C=O) groups excluding carboxylic acids is 1. The highest BCUT2D eigenvalue weighted by atomic mass is 79.9. The lowest BCUT2D eigenvalue weighted by atomic mass is 10.2. The molecule has 1 heterocycles. The van der Waals surface area contributed by atoms with E-state index in [2.05, 4.69) is 15.9 Å². The van der Waals surface area contributed by atoms with Crippen LogP contribution in [0.4, 0.5) is 8.78 Å². The van der Waals surface area contributed by atoms with Gasteiger partial charge in [-0.2, -0.15) is 0 Å². The molecule has 1 atom stereocenters.